The largest absolute Gasteiger partial charge is 0.354 e. The minimum absolute atomic E-state index is 0.451. The van der Waals surface area contributed by atoms with Gasteiger partial charge in [-0.15, -0.1) is 5.10 Å². The second-order valence-corrected chi connectivity index (χ2v) is 5.80. The maximum absolute atomic E-state index is 5.93. The van der Waals surface area contributed by atoms with E-state index < -0.39 is 0 Å². The molecule has 0 bridgehead atoms. The second-order valence-electron chi connectivity index (χ2n) is 5.80. The normalized spacial score (nSPS) is 18.1. The van der Waals surface area contributed by atoms with Gasteiger partial charge in [-0.05, 0) is 44.1 Å². The lowest BCUT2D eigenvalue weighted by molar-refractivity contribution is 0.301. The molecule has 0 aromatic carbocycles. The molecule has 0 unspecified atom stereocenters. The van der Waals surface area contributed by atoms with Gasteiger partial charge in [0.05, 0.1) is 5.69 Å². The van der Waals surface area contributed by atoms with E-state index >= 15 is 0 Å². The van der Waals surface area contributed by atoms with Crippen molar-refractivity contribution >= 4 is 5.82 Å². The average molecular weight is 262 g/mol. The third-order valence-corrected chi connectivity index (χ3v) is 5.00. The Kier molecular flexibility index (Phi) is 4.09. The summed E-state index contributed by atoms with van der Waals surface area (Å²) in [5.41, 5.74) is 9.72. The first-order valence-corrected chi connectivity index (χ1v) is 7.34. The maximum Gasteiger partial charge on any atom is 0.156 e. The third-order valence-electron chi connectivity index (χ3n) is 5.00. The quantitative estimate of drug-likeness (QED) is 0.906. The fraction of sp³-hybridized carbons (Fsp3) is 0.733. The summed E-state index contributed by atoms with van der Waals surface area (Å²) in [7, 11) is 0. The molecule has 19 heavy (non-hydrogen) atoms. The molecule has 1 saturated heterocycles. The Balaban J connectivity index is 2.32. The number of nitrogens with two attached hydrogens (primary N) is 1. The molecule has 4 heteroatoms. The van der Waals surface area contributed by atoms with Crippen LogP contribution in [0.5, 0.6) is 0 Å². The highest BCUT2D eigenvalue weighted by molar-refractivity contribution is 5.51. The molecule has 1 aromatic heterocycles. The summed E-state index contributed by atoms with van der Waals surface area (Å²) in [6, 6.07) is 0. The first kappa shape index (κ1) is 14.3. The molecule has 1 aliphatic rings. The monoisotopic (exact) mass is 262 g/mol. The number of aryl methyl sites for hydroxylation is 1. The van der Waals surface area contributed by atoms with Gasteiger partial charge < -0.3 is 10.6 Å². The van der Waals surface area contributed by atoms with Crippen molar-refractivity contribution in [2.24, 2.45) is 11.1 Å². The fourth-order valence-corrected chi connectivity index (χ4v) is 3.09. The van der Waals surface area contributed by atoms with E-state index in [0.717, 1.165) is 30.2 Å². The number of nitrogens with zero attached hydrogens (tertiary/aromatic N) is 3. The summed E-state index contributed by atoms with van der Waals surface area (Å²) in [4.78, 5) is 2.38. The Bertz CT molecular complexity index is 452. The number of anilines is 1. The minimum Gasteiger partial charge on any atom is -0.354 e. The van der Waals surface area contributed by atoms with Crippen LogP contribution in [0.25, 0.3) is 0 Å². The van der Waals surface area contributed by atoms with Crippen LogP contribution in [0.15, 0.2) is 0 Å². The Hall–Kier alpha value is -1.16. The Morgan fingerprint density at radius 3 is 2.42 bits per heavy atom. The van der Waals surface area contributed by atoms with Crippen molar-refractivity contribution in [3.63, 3.8) is 0 Å². The van der Waals surface area contributed by atoms with Crippen molar-refractivity contribution in [3.05, 3.63) is 16.8 Å². The third kappa shape index (κ3) is 2.46. The minimum atomic E-state index is 0.451. The summed E-state index contributed by atoms with van der Waals surface area (Å²) in [6.07, 6.45) is 3.71. The van der Waals surface area contributed by atoms with E-state index in [9.17, 15) is 0 Å². The summed E-state index contributed by atoms with van der Waals surface area (Å²) < 4.78 is 0. The van der Waals surface area contributed by atoms with Crippen LogP contribution in [0.2, 0.25) is 0 Å². The molecule has 1 aromatic rings. The standard InChI is InChI=1S/C15H26N4/c1-5-15(6-2)7-8-19(10-15)14-13(9-16)11(3)12(4)17-18-14/h5-10,16H2,1-4H3. The van der Waals surface area contributed by atoms with Crippen LogP contribution >= 0.6 is 0 Å². The van der Waals surface area contributed by atoms with Crippen molar-refractivity contribution in [1.82, 2.24) is 10.2 Å². The SMILES string of the molecule is CCC1(CC)CCN(c2nnc(C)c(C)c2CN)C1. The van der Waals surface area contributed by atoms with Gasteiger partial charge in [-0.25, -0.2) is 0 Å². The lowest BCUT2D eigenvalue weighted by atomic mass is 9.82. The van der Waals surface area contributed by atoms with Crippen molar-refractivity contribution < 1.29 is 0 Å². The zero-order valence-corrected chi connectivity index (χ0v) is 12.7. The summed E-state index contributed by atoms with van der Waals surface area (Å²) in [5.74, 6) is 1.01. The Morgan fingerprint density at radius 2 is 1.89 bits per heavy atom. The molecule has 2 heterocycles. The fourth-order valence-electron chi connectivity index (χ4n) is 3.09. The maximum atomic E-state index is 5.93. The highest BCUT2D eigenvalue weighted by Crippen LogP contribution is 2.39. The molecule has 2 N–H and O–H groups in total. The number of rotatable bonds is 4. The molecular formula is C15H26N4. The topological polar surface area (TPSA) is 55.0 Å². The summed E-state index contributed by atoms with van der Waals surface area (Å²) >= 11 is 0. The molecule has 0 atom stereocenters. The van der Waals surface area contributed by atoms with Gasteiger partial charge in [0.15, 0.2) is 5.82 Å². The Morgan fingerprint density at radius 1 is 1.21 bits per heavy atom. The molecule has 2 rings (SSSR count). The summed E-state index contributed by atoms with van der Waals surface area (Å²) in [6.45, 7) is 11.4. The van der Waals surface area contributed by atoms with Crippen LogP contribution < -0.4 is 10.6 Å². The zero-order chi connectivity index (χ0) is 14.0. The van der Waals surface area contributed by atoms with Gasteiger partial charge in [-0.1, -0.05) is 13.8 Å². The van der Waals surface area contributed by atoms with Crippen LogP contribution in [0.4, 0.5) is 5.82 Å². The lowest BCUT2D eigenvalue weighted by Crippen LogP contribution is -2.28. The number of hydrogen-bond donors (Lipinski definition) is 1. The average Bonchev–Trinajstić information content (AvgIpc) is 2.86. The van der Waals surface area contributed by atoms with Crippen molar-refractivity contribution in [2.75, 3.05) is 18.0 Å². The molecule has 106 valence electrons. The van der Waals surface area contributed by atoms with Crippen LogP contribution in [0.3, 0.4) is 0 Å². The molecule has 4 nitrogen and oxygen atoms in total. The van der Waals surface area contributed by atoms with Gasteiger partial charge in [0, 0.05) is 25.2 Å². The predicted molar refractivity (Wildman–Crippen MR) is 79.2 cm³/mol. The summed E-state index contributed by atoms with van der Waals surface area (Å²) in [5, 5.41) is 8.71. The number of aromatic nitrogens is 2. The van der Waals surface area contributed by atoms with Crippen LogP contribution in [-0.4, -0.2) is 23.3 Å². The molecule has 0 radical (unpaired) electrons. The van der Waals surface area contributed by atoms with E-state index in [2.05, 4.69) is 35.9 Å². The van der Waals surface area contributed by atoms with E-state index in [1.54, 1.807) is 0 Å². The molecule has 1 fully saturated rings. The molecule has 0 saturated carbocycles. The van der Waals surface area contributed by atoms with Crippen LogP contribution in [0, 0.1) is 19.3 Å². The molecule has 0 aliphatic carbocycles. The Labute approximate surface area is 116 Å². The zero-order valence-electron chi connectivity index (χ0n) is 12.7. The highest BCUT2D eigenvalue weighted by Gasteiger charge is 2.36. The van der Waals surface area contributed by atoms with Gasteiger partial charge in [-0.2, -0.15) is 5.10 Å². The van der Waals surface area contributed by atoms with E-state index in [4.69, 9.17) is 5.73 Å². The highest BCUT2D eigenvalue weighted by atomic mass is 15.3. The van der Waals surface area contributed by atoms with Crippen LogP contribution in [-0.2, 0) is 6.54 Å². The van der Waals surface area contributed by atoms with Crippen molar-refractivity contribution in [1.29, 1.82) is 0 Å². The number of hydrogen-bond acceptors (Lipinski definition) is 4. The van der Waals surface area contributed by atoms with Gasteiger partial charge in [0.2, 0.25) is 0 Å². The first-order valence-electron chi connectivity index (χ1n) is 7.34. The van der Waals surface area contributed by atoms with E-state index in [1.807, 2.05) is 6.92 Å². The van der Waals surface area contributed by atoms with Crippen molar-refractivity contribution in [3.8, 4) is 0 Å². The predicted octanol–water partition coefficient (Wildman–Crippen LogP) is 2.57. The van der Waals surface area contributed by atoms with E-state index in [0.29, 0.717) is 12.0 Å². The molecule has 0 amide bonds. The van der Waals surface area contributed by atoms with Gasteiger partial charge in [0.25, 0.3) is 0 Å². The van der Waals surface area contributed by atoms with Crippen LogP contribution in [0.1, 0.15) is 49.9 Å². The van der Waals surface area contributed by atoms with E-state index in [-0.39, 0.29) is 0 Å². The van der Waals surface area contributed by atoms with Gasteiger partial charge in [0.1, 0.15) is 0 Å². The van der Waals surface area contributed by atoms with Crippen molar-refractivity contribution in [2.45, 2.75) is 53.5 Å². The molecule has 0 spiro atoms. The molecule has 1 aliphatic heterocycles. The first-order chi connectivity index (χ1) is 9.06. The van der Waals surface area contributed by atoms with Gasteiger partial charge >= 0.3 is 0 Å². The lowest BCUT2D eigenvalue weighted by Gasteiger charge is -2.27. The second kappa shape index (κ2) is 5.45. The van der Waals surface area contributed by atoms with E-state index in [1.165, 1.54) is 24.8 Å². The molecular weight excluding hydrogens is 236 g/mol. The van der Waals surface area contributed by atoms with Gasteiger partial charge in [-0.3, -0.25) is 0 Å². The smallest absolute Gasteiger partial charge is 0.156 e.